The van der Waals surface area contributed by atoms with Crippen molar-refractivity contribution in [2.75, 3.05) is 45.1 Å². The van der Waals surface area contributed by atoms with Crippen molar-refractivity contribution in [1.82, 2.24) is 19.8 Å². The number of hydrogen-bond donors (Lipinski definition) is 1. The summed E-state index contributed by atoms with van der Waals surface area (Å²) < 4.78 is 0. The van der Waals surface area contributed by atoms with Crippen molar-refractivity contribution in [2.24, 2.45) is 0 Å². The van der Waals surface area contributed by atoms with Crippen molar-refractivity contribution in [3.05, 3.63) is 30.2 Å². The van der Waals surface area contributed by atoms with Crippen molar-refractivity contribution in [1.29, 1.82) is 0 Å². The molecule has 0 atom stereocenters. The number of nitrogens with one attached hydrogen (secondary N) is 1. The zero-order valence-electron chi connectivity index (χ0n) is 12.1. The topological polar surface area (TPSA) is 61.4 Å². The van der Waals surface area contributed by atoms with Crippen LogP contribution in [0.5, 0.6) is 0 Å². The third-order valence-electron chi connectivity index (χ3n) is 3.28. The van der Waals surface area contributed by atoms with Crippen LogP contribution in [-0.2, 0) is 0 Å². The Morgan fingerprint density at radius 3 is 2.75 bits per heavy atom. The van der Waals surface area contributed by atoms with Gasteiger partial charge in [0.05, 0.1) is 0 Å². The maximum atomic E-state index is 12.5. The minimum atomic E-state index is -0.0229. The molecule has 1 saturated heterocycles. The molecule has 0 spiro atoms. The molecule has 0 radical (unpaired) electrons. The molecule has 20 heavy (non-hydrogen) atoms. The van der Waals surface area contributed by atoms with Crippen LogP contribution in [0.3, 0.4) is 0 Å². The number of aryl methyl sites for hydroxylation is 1. The highest BCUT2D eigenvalue weighted by molar-refractivity contribution is 5.93. The number of amides is 1. The van der Waals surface area contributed by atoms with Crippen LogP contribution in [0, 0.1) is 6.92 Å². The van der Waals surface area contributed by atoms with Gasteiger partial charge in [0.15, 0.2) is 0 Å². The molecule has 0 aliphatic carbocycles. The molecule has 2 rings (SSSR count). The van der Waals surface area contributed by atoms with E-state index in [-0.39, 0.29) is 5.91 Å². The van der Waals surface area contributed by atoms with E-state index in [4.69, 9.17) is 0 Å². The van der Waals surface area contributed by atoms with Gasteiger partial charge in [-0.15, -0.1) is 6.58 Å². The predicted molar refractivity (Wildman–Crippen MR) is 78.9 cm³/mol. The average molecular weight is 275 g/mol. The summed E-state index contributed by atoms with van der Waals surface area (Å²) >= 11 is 0. The Morgan fingerprint density at radius 1 is 1.40 bits per heavy atom. The normalized spacial score (nSPS) is 16.0. The fourth-order valence-corrected chi connectivity index (χ4v) is 2.12. The molecule has 0 aromatic carbocycles. The summed E-state index contributed by atoms with van der Waals surface area (Å²) in [5.41, 5.74) is 0.452. The average Bonchev–Trinajstić information content (AvgIpc) is 2.44. The lowest BCUT2D eigenvalue weighted by molar-refractivity contribution is 0.0658. The highest BCUT2D eigenvalue weighted by Gasteiger charge is 2.22. The van der Waals surface area contributed by atoms with Crippen LogP contribution in [0.2, 0.25) is 0 Å². The molecule has 0 unspecified atom stereocenters. The fraction of sp³-hybridized carbons (Fsp3) is 0.500. The molecule has 0 saturated carbocycles. The summed E-state index contributed by atoms with van der Waals surface area (Å²) in [6.07, 6.45) is 1.75. The van der Waals surface area contributed by atoms with E-state index in [2.05, 4.69) is 33.8 Å². The molecule has 2 heterocycles. The van der Waals surface area contributed by atoms with E-state index in [0.717, 1.165) is 26.2 Å². The lowest BCUT2D eigenvalue weighted by atomic mass is 10.2. The van der Waals surface area contributed by atoms with Crippen molar-refractivity contribution in [3.8, 4) is 0 Å². The van der Waals surface area contributed by atoms with Crippen LogP contribution in [0.4, 0.5) is 5.82 Å². The van der Waals surface area contributed by atoms with Crippen LogP contribution in [0.15, 0.2) is 18.7 Å². The van der Waals surface area contributed by atoms with Gasteiger partial charge in [-0.25, -0.2) is 9.97 Å². The molecule has 1 aromatic heterocycles. The number of rotatable bonds is 4. The summed E-state index contributed by atoms with van der Waals surface area (Å²) in [7, 11) is 2.06. The Morgan fingerprint density at radius 2 is 2.10 bits per heavy atom. The Bertz CT molecular complexity index is 494. The van der Waals surface area contributed by atoms with Crippen molar-refractivity contribution >= 4 is 11.7 Å². The number of piperazine rings is 1. The molecule has 1 fully saturated rings. The van der Waals surface area contributed by atoms with Gasteiger partial charge < -0.3 is 15.1 Å². The zero-order valence-corrected chi connectivity index (χ0v) is 12.1. The summed E-state index contributed by atoms with van der Waals surface area (Å²) in [6.45, 7) is 9.34. The predicted octanol–water partition coefficient (Wildman–Crippen LogP) is 0.771. The maximum Gasteiger partial charge on any atom is 0.272 e. The number of likely N-dealkylation sites (N-methyl/N-ethyl adjacent to an activating group) is 1. The minimum absolute atomic E-state index is 0.0229. The Kier molecular flexibility index (Phi) is 4.68. The number of anilines is 1. The van der Waals surface area contributed by atoms with E-state index in [0.29, 0.717) is 23.9 Å². The Labute approximate surface area is 119 Å². The first-order chi connectivity index (χ1) is 9.60. The molecule has 1 amide bonds. The number of carbonyl (C=O) groups is 1. The van der Waals surface area contributed by atoms with E-state index in [1.165, 1.54) is 0 Å². The van der Waals surface area contributed by atoms with E-state index in [1.54, 1.807) is 19.1 Å². The molecule has 1 aromatic rings. The maximum absolute atomic E-state index is 12.5. The number of aromatic nitrogens is 2. The SMILES string of the molecule is C=CCNc1cc(C(=O)N2CCN(C)CC2)nc(C)n1. The molecule has 1 N–H and O–H groups in total. The van der Waals surface area contributed by atoms with E-state index >= 15 is 0 Å². The first-order valence-electron chi connectivity index (χ1n) is 6.78. The van der Waals surface area contributed by atoms with E-state index in [1.807, 2.05) is 4.90 Å². The van der Waals surface area contributed by atoms with Crippen LogP contribution >= 0.6 is 0 Å². The van der Waals surface area contributed by atoms with Gasteiger partial charge in [0.2, 0.25) is 0 Å². The van der Waals surface area contributed by atoms with Gasteiger partial charge in [-0.1, -0.05) is 6.08 Å². The Balaban J connectivity index is 2.12. The van der Waals surface area contributed by atoms with Gasteiger partial charge in [-0.3, -0.25) is 4.79 Å². The first-order valence-corrected chi connectivity index (χ1v) is 6.78. The largest absolute Gasteiger partial charge is 0.366 e. The van der Waals surface area contributed by atoms with Gasteiger partial charge >= 0.3 is 0 Å². The quantitative estimate of drug-likeness (QED) is 0.823. The van der Waals surface area contributed by atoms with Crippen LogP contribution in [0.25, 0.3) is 0 Å². The molecule has 6 heteroatoms. The molecule has 1 aliphatic rings. The first kappa shape index (κ1) is 14.5. The molecular weight excluding hydrogens is 254 g/mol. The molecule has 0 bridgehead atoms. The number of carbonyl (C=O) groups excluding carboxylic acids is 1. The second-order valence-corrected chi connectivity index (χ2v) is 4.95. The van der Waals surface area contributed by atoms with Crippen LogP contribution in [-0.4, -0.2) is 65.4 Å². The fourth-order valence-electron chi connectivity index (χ4n) is 2.12. The lowest BCUT2D eigenvalue weighted by Gasteiger charge is -2.32. The second kappa shape index (κ2) is 6.47. The van der Waals surface area contributed by atoms with E-state index < -0.39 is 0 Å². The van der Waals surface area contributed by atoms with Gasteiger partial charge in [0.1, 0.15) is 17.3 Å². The summed E-state index contributed by atoms with van der Waals surface area (Å²) in [5.74, 6) is 1.23. The minimum Gasteiger partial charge on any atom is -0.366 e. The number of nitrogens with zero attached hydrogens (tertiary/aromatic N) is 4. The Hall–Kier alpha value is -1.95. The van der Waals surface area contributed by atoms with Crippen molar-refractivity contribution in [2.45, 2.75) is 6.92 Å². The molecule has 6 nitrogen and oxygen atoms in total. The van der Waals surface area contributed by atoms with Crippen molar-refractivity contribution in [3.63, 3.8) is 0 Å². The van der Waals surface area contributed by atoms with Gasteiger partial charge in [0, 0.05) is 38.8 Å². The molecular formula is C14H21N5O. The summed E-state index contributed by atoms with van der Waals surface area (Å²) in [5, 5.41) is 3.09. The molecule has 108 valence electrons. The third-order valence-corrected chi connectivity index (χ3v) is 3.28. The lowest BCUT2D eigenvalue weighted by Crippen LogP contribution is -2.47. The summed E-state index contributed by atoms with van der Waals surface area (Å²) in [4.78, 5) is 25.0. The van der Waals surface area contributed by atoms with Gasteiger partial charge in [-0.05, 0) is 14.0 Å². The smallest absolute Gasteiger partial charge is 0.272 e. The van der Waals surface area contributed by atoms with Gasteiger partial charge in [-0.2, -0.15) is 0 Å². The summed E-state index contributed by atoms with van der Waals surface area (Å²) in [6, 6.07) is 1.71. The van der Waals surface area contributed by atoms with Crippen molar-refractivity contribution < 1.29 is 4.79 Å². The highest BCUT2D eigenvalue weighted by Crippen LogP contribution is 2.11. The van der Waals surface area contributed by atoms with E-state index in [9.17, 15) is 4.79 Å². The standard InChI is InChI=1S/C14H21N5O/c1-4-5-15-13-10-12(16-11(2)17-13)14(20)19-8-6-18(3)7-9-19/h4,10H,1,5-9H2,2-3H3,(H,15,16,17). The van der Waals surface area contributed by atoms with Crippen LogP contribution < -0.4 is 5.32 Å². The van der Waals surface area contributed by atoms with Gasteiger partial charge in [0.25, 0.3) is 5.91 Å². The second-order valence-electron chi connectivity index (χ2n) is 4.95. The third kappa shape index (κ3) is 3.54. The number of hydrogen-bond acceptors (Lipinski definition) is 5. The van der Waals surface area contributed by atoms with Crippen LogP contribution in [0.1, 0.15) is 16.3 Å². The zero-order chi connectivity index (χ0) is 14.5. The monoisotopic (exact) mass is 275 g/mol. The highest BCUT2D eigenvalue weighted by atomic mass is 16.2. The molecule has 1 aliphatic heterocycles.